The SMILES string of the molecule is COCC[C@H](C)Nc1cccc(-c2ncn[nH]2)c1. The normalized spacial score (nSPS) is 12.3. The van der Waals surface area contributed by atoms with E-state index in [9.17, 15) is 0 Å². The van der Waals surface area contributed by atoms with Crippen molar-refractivity contribution in [1.82, 2.24) is 15.2 Å². The highest BCUT2D eigenvalue weighted by atomic mass is 16.5. The van der Waals surface area contributed by atoms with Gasteiger partial charge >= 0.3 is 0 Å². The number of methoxy groups -OCH3 is 1. The first-order valence-corrected chi connectivity index (χ1v) is 6.01. The highest BCUT2D eigenvalue weighted by Crippen LogP contribution is 2.19. The zero-order valence-electron chi connectivity index (χ0n) is 10.7. The van der Waals surface area contributed by atoms with Crippen molar-refractivity contribution in [2.24, 2.45) is 0 Å². The first kappa shape index (κ1) is 12.6. The summed E-state index contributed by atoms with van der Waals surface area (Å²) in [4.78, 5) is 4.14. The summed E-state index contributed by atoms with van der Waals surface area (Å²) in [6.45, 7) is 2.90. The molecule has 0 aliphatic carbocycles. The fraction of sp³-hybridized carbons (Fsp3) is 0.385. The second kappa shape index (κ2) is 6.16. The average molecular weight is 246 g/mol. The smallest absolute Gasteiger partial charge is 0.155 e. The molecule has 1 aromatic carbocycles. The van der Waals surface area contributed by atoms with Crippen molar-refractivity contribution >= 4 is 5.69 Å². The number of ether oxygens (including phenoxy) is 1. The van der Waals surface area contributed by atoms with Gasteiger partial charge in [0.05, 0.1) is 0 Å². The van der Waals surface area contributed by atoms with E-state index in [4.69, 9.17) is 4.74 Å². The van der Waals surface area contributed by atoms with Crippen LogP contribution in [0.15, 0.2) is 30.6 Å². The number of hydrogen-bond donors (Lipinski definition) is 2. The van der Waals surface area contributed by atoms with Crippen molar-refractivity contribution in [3.8, 4) is 11.4 Å². The van der Waals surface area contributed by atoms with Crippen molar-refractivity contribution in [2.45, 2.75) is 19.4 Å². The second-order valence-corrected chi connectivity index (χ2v) is 4.24. The minimum atomic E-state index is 0.370. The van der Waals surface area contributed by atoms with Gasteiger partial charge in [-0.25, -0.2) is 4.98 Å². The minimum Gasteiger partial charge on any atom is -0.385 e. The van der Waals surface area contributed by atoms with E-state index in [1.807, 2.05) is 18.2 Å². The summed E-state index contributed by atoms with van der Waals surface area (Å²) in [6, 6.07) is 8.48. The van der Waals surface area contributed by atoms with Gasteiger partial charge < -0.3 is 10.1 Å². The van der Waals surface area contributed by atoms with Gasteiger partial charge in [0.2, 0.25) is 0 Å². The lowest BCUT2D eigenvalue weighted by atomic mass is 10.1. The van der Waals surface area contributed by atoms with Gasteiger partial charge in [0.15, 0.2) is 5.82 Å². The molecule has 0 saturated carbocycles. The Morgan fingerprint density at radius 2 is 2.33 bits per heavy atom. The van der Waals surface area contributed by atoms with Crippen molar-refractivity contribution < 1.29 is 4.74 Å². The summed E-state index contributed by atoms with van der Waals surface area (Å²) in [5, 5.41) is 10.2. The fourth-order valence-corrected chi connectivity index (χ4v) is 1.75. The second-order valence-electron chi connectivity index (χ2n) is 4.24. The van der Waals surface area contributed by atoms with Crippen molar-refractivity contribution in [3.63, 3.8) is 0 Å². The van der Waals surface area contributed by atoms with Crippen LogP contribution in [0.4, 0.5) is 5.69 Å². The third-order valence-electron chi connectivity index (χ3n) is 2.72. The Hall–Kier alpha value is -1.88. The van der Waals surface area contributed by atoms with E-state index < -0.39 is 0 Å². The summed E-state index contributed by atoms with van der Waals surface area (Å²) in [6.07, 6.45) is 2.49. The van der Waals surface area contributed by atoms with Crippen LogP contribution in [-0.4, -0.2) is 34.9 Å². The van der Waals surface area contributed by atoms with E-state index in [1.165, 1.54) is 6.33 Å². The Morgan fingerprint density at radius 1 is 1.44 bits per heavy atom. The number of benzene rings is 1. The fourth-order valence-electron chi connectivity index (χ4n) is 1.75. The van der Waals surface area contributed by atoms with Crippen LogP contribution in [-0.2, 0) is 4.74 Å². The Bertz CT molecular complexity index is 470. The molecule has 1 heterocycles. The molecule has 2 aromatic rings. The number of hydrogen-bond acceptors (Lipinski definition) is 4. The molecule has 0 radical (unpaired) electrons. The molecule has 2 N–H and O–H groups in total. The lowest BCUT2D eigenvalue weighted by Gasteiger charge is -2.15. The molecule has 96 valence electrons. The van der Waals surface area contributed by atoms with Gasteiger partial charge in [0, 0.05) is 31.0 Å². The summed E-state index contributed by atoms with van der Waals surface area (Å²) >= 11 is 0. The molecular formula is C13H18N4O. The van der Waals surface area contributed by atoms with E-state index in [2.05, 4.69) is 33.5 Å². The molecule has 0 unspecified atom stereocenters. The third kappa shape index (κ3) is 3.30. The van der Waals surface area contributed by atoms with Gasteiger partial charge in [-0.05, 0) is 25.5 Å². The topological polar surface area (TPSA) is 62.8 Å². The maximum absolute atomic E-state index is 5.07. The van der Waals surface area contributed by atoms with E-state index >= 15 is 0 Å². The van der Waals surface area contributed by atoms with E-state index in [0.29, 0.717) is 6.04 Å². The third-order valence-corrected chi connectivity index (χ3v) is 2.72. The van der Waals surface area contributed by atoms with Crippen molar-refractivity contribution in [3.05, 3.63) is 30.6 Å². The Morgan fingerprint density at radius 3 is 3.06 bits per heavy atom. The molecule has 1 atom stereocenters. The van der Waals surface area contributed by atoms with Crippen LogP contribution in [0.2, 0.25) is 0 Å². The lowest BCUT2D eigenvalue weighted by molar-refractivity contribution is 0.191. The predicted octanol–water partition coefficient (Wildman–Crippen LogP) is 2.31. The van der Waals surface area contributed by atoms with Crippen molar-refractivity contribution in [2.75, 3.05) is 19.0 Å². The summed E-state index contributed by atoms with van der Waals surface area (Å²) in [5.41, 5.74) is 2.10. The number of aromatic nitrogens is 3. The zero-order chi connectivity index (χ0) is 12.8. The summed E-state index contributed by atoms with van der Waals surface area (Å²) < 4.78 is 5.07. The number of nitrogens with one attached hydrogen (secondary N) is 2. The molecule has 0 saturated heterocycles. The van der Waals surface area contributed by atoms with Crippen molar-refractivity contribution in [1.29, 1.82) is 0 Å². The molecule has 0 bridgehead atoms. The number of nitrogens with zero attached hydrogens (tertiary/aromatic N) is 2. The Kier molecular flexibility index (Phi) is 4.30. The van der Waals surface area contributed by atoms with Crippen LogP contribution >= 0.6 is 0 Å². The molecule has 0 amide bonds. The van der Waals surface area contributed by atoms with Crippen LogP contribution in [0.1, 0.15) is 13.3 Å². The number of H-pyrrole nitrogens is 1. The summed E-state index contributed by atoms with van der Waals surface area (Å²) in [5.74, 6) is 0.781. The van der Waals surface area contributed by atoms with Gasteiger partial charge in [0.1, 0.15) is 6.33 Å². The summed E-state index contributed by atoms with van der Waals surface area (Å²) in [7, 11) is 1.72. The first-order chi connectivity index (χ1) is 8.79. The molecule has 5 nitrogen and oxygen atoms in total. The maximum atomic E-state index is 5.07. The van der Waals surface area contributed by atoms with Crippen LogP contribution in [0.5, 0.6) is 0 Å². The average Bonchev–Trinajstić information content (AvgIpc) is 2.90. The van der Waals surface area contributed by atoms with Crippen LogP contribution in [0, 0.1) is 0 Å². The van der Waals surface area contributed by atoms with Gasteiger partial charge in [0.25, 0.3) is 0 Å². The Labute approximate surface area is 107 Å². The zero-order valence-corrected chi connectivity index (χ0v) is 10.7. The molecule has 0 fully saturated rings. The monoisotopic (exact) mass is 246 g/mol. The molecule has 2 rings (SSSR count). The largest absolute Gasteiger partial charge is 0.385 e. The Balaban J connectivity index is 2.03. The molecule has 18 heavy (non-hydrogen) atoms. The number of anilines is 1. The maximum Gasteiger partial charge on any atom is 0.155 e. The number of aromatic amines is 1. The molecule has 1 aromatic heterocycles. The van der Waals surface area contributed by atoms with Gasteiger partial charge in [-0.15, -0.1) is 0 Å². The molecule has 0 aliphatic heterocycles. The van der Waals surface area contributed by atoms with E-state index in [1.54, 1.807) is 7.11 Å². The first-order valence-electron chi connectivity index (χ1n) is 6.01. The standard InChI is InChI=1S/C13H18N4O/c1-10(6-7-18-2)16-12-5-3-4-11(8-12)13-14-9-15-17-13/h3-5,8-10,16H,6-7H2,1-2H3,(H,14,15,17)/t10-/m0/s1. The highest BCUT2D eigenvalue weighted by Gasteiger charge is 2.04. The molecule has 0 aliphatic rings. The quantitative estimate of drug-likeness (QED) is 0.821. The molecular weight excluding hydrogens is 228 g/mol. The van der Waals surface area contributed by atoms with E-state index in [-0.39, 0.29) is 0 Å². The minimum absolute atomic E-state index is 0.370. The van der Waals surface area contributed by atoms with Crippen LogP contribution in [0.3, 0.4) is 0 Å². The van der Waals surface area contributed by atoms with E-state index in [0.717, 1.165) is 30.1 Å². The van der Waals surface area contributed by atoms with Gasteiger partial charge in [-0.1, -0.05) is 12.1 Å². The highest BCUT2D eigenvalue weighted by molar-refractivity contribution is 5.62. The molecule has 5 heteroatoms. The van der Waals surface area contributed by atoms with Gasteiger partial charge in [-0.2, -0.15) is 5.10 Å². The molecule has 0 spiro atoms. The van der Waals surface area contributed by atoms with Crippen LogP contribution in [0.25, 0.3) is 11.4 Å². The number of rotatable bonds is 6. The van der Waals surface area contributed by atoms with Crippen LogP contribution < -0.4 is 5.32 Å². The predicted molar refractivity (Wildman–Crippen MR) is 71.4 cm³/mol. The lowest BCUT2D eigenvalue weighted by Crippen LogP contribution is -2.17. The van der Waals surface area contributed by atoms with Gasteiger partial charge in [-0.3, -0.25) is 5.10 Å².